The predicted molar refractivity (Wildman–Crippen MR) is 105 cm³/mol. The first-order valence-corrected chi connectivity index (χ1v) is 10.5. The lowest BCUT2D eigenvalue weighted by Gasteiger charge is -2.60. The minimum atomic E-state index is -4.38. The number of carbonyl (C=O) groups is 1. The van der Waals surface area contributed by atoms with Gasteiger partial charge in [0, 0.05) is 48.7 Å². The van der Waals surface area contributed by atoms with Gasteiger partial charge in [-0.25, -0.2) is 4.98 Å². The number of hydrogen-bond acceptors (Lipinski definition) is 3. The van der Waals surface area contributed by atoms with Crippen LogP contribution in [-0.4, -0.2) is 44.2 Å². The average molecular weight is 421 g/mol. The fourth-order valence-corrected chi connectivity index (χ4v) is 5.85. The molecule has 1 aliphatic heterocycles. The van der Waals surface area contributed by atoms with E-state index in [-0.39, 0.29) is 22.6 Å². The lowest BCUT2D eigenvalue weighted by atomic mass is 9.56. The molecule has 2 aromatic heterocycles. The summed E-state index contributed by atoms with van der Waals surface area (Å²) in [7, 11) is 1.59. The Kier molecular flexibility index (Phi) is 4.11. The molecule has 0 radical (unpaired) electrons. The summed E-state index contributed by atoms with van der Waals surface area (Å²) in [6, 6.07) is 3.24. The third-order valence-corrected chi connectivity index (χ3v) is 7.21. The molecule has 2 aromatic rings. The lowest BCUT2D eigenvalue weighted by molar-refractivity contribution is -0.171. The number of carbonyl (C=O) groups excluding carboxylic acids is 1. The number of aromatic nitrogens is 2. The lowest BCUT2D eigenvalue weighted by Crippen LogP contribution is -2.66. The van der Waals surface area contributed by atoms with E-state index >= 15 is 0 Å². The van der Waals surface area contributed by atoms with E-state index in [4.69, 9.17) is 0 Å². The summed E-state index contributed by atoms with van der Waals surface area (Å²) in [5, 5.41) is 9.97. The van der Waals surface area contributed by atoms with E-state index in [2.05, 4.69) is 4.98 Å². The van der Waals surface area contributed by atoms with Gasteiger partial charge in [-0.2, -0.15) is 13.2 Å². The van der Waals surface area contributed by atoms with Crippen LogP contribution in [0.15, 0.2) is 18.3 Å². The van der Waals surface area contributed by atoms with Crippen molar-refractivity contribution in [3.8, 4) is 0 Å². The maximum atomic E-state index is 13.2. The van der Waals surface area contributed by atoms with Crippen LogP contribution < -0.4 is 0 Å². The maximum absolute atomic E-state index is 13.2. The van der Waals surface area contributed by atoms with Crippen LogP contribution in [0.25, 0.3) is 11.0 Å². The van der Waals surface area contributed by atoms with Gasteiger partial charge in [0.15, 0.2) is 0 Å². The molecule has 162 valence electrons. The Balaban J connectivity index is 1.17. The van der Waals surface area contributed by atoms with Gasteiger partial charge >= 0.3 is 6.18 Å². The van der Waals surface area contributed by atoms with Crippen LogP contribution in [0.1, 0.15) is 43.9 Å². The van der Waals surface area contributed by atoms with Crippen LogP contribution in [0.5, 0.6) is 0 Å². The number of aryl methyl sites for hydroxylation is 1. The van der Waals surface area contributed by atoms with Crippen molar-refractivity contribution in [2.24, 2.45) is 24.3 Å². The summed E-state index contributed by atoms with van der Waals surface area (Å²) in [4.78, 5) is 18.9. The Bertz CT molecular complexity index is 1000. The molecule has 30 heavy (non-hydrogen) atoms. The number of amides is 1. The van der Waals surface area contributed by atoms with E-state index in [0.29, 0.717) is 24.4 Å². The summed E-state index contributed by atoms with van der Waals surface area (Å²) in [5.41, 5.74) is 0.0730. The second-order valence-electron chi connectivity index (χ2n) is 10.1. The highest BCUT2D eigenvalue weighted by atomic mass is 19.4. The average Bonchev–Trinajstić information content (AvgIpc) is 2.90. The zero-order valence-corrected chi connectivity index (χ0v) is 17.2. The second kappa shape index (κ2) is 6.22. The Morgan fingerprint density at radius 3 is 2.50 bits per heavy atom. The molecule has 2 aliphatic carbocycles. The number of fused-ring (bicyclic) bond motifs is 1. The van der Waals surface area contributed by atoms with E-state index in [1.54, 1.807) is 20.0 Å². The molecule has 8 heteroatoms. The first-order valence-electron chi connectivity index (χ1n) is 10.5. The molecule has 0 atom stereocenters. The summed E-state index contributed by atoms with van der Waals surface area (Å²) in [6.07, 6.45) is 0.638. The standard InChI is InChI=1S/C22H26F3N3O2/c1-20(30)8-14(9-20)19(29)28-11-21(12-28)6-13(7-21)5-15-3-4-16-17(22(23,24)25)10-27(2)18(16)26-15/h3-4,10,13-14,30H,5-9,11-12H2,1-2H3. The molecule has 0 unspecified atom stereocenters. The van der Waals surface area contributed by atoms with E-state index < -0.39 is 17.3 Å². The smallest absolute Gasteiger partial charge is 0.390 e. The zero-order chi connectivity index (χ0) is 21.5. The minimum absolute atomic E-state index is 0.0315. The Labute approximate surface area is 172 Å². The summed E-state index contributed by atoms with van der Waals surface area (Å²) in [6.45, 7) is 3.36. The first kappa shape index (κ1) is 19.8. The van der Waals surface area contributed by atoms with Gasteiger partial charge in [-0.15, -0.1) is 0 Å². The van der Waals surface area contributed by atoms with Crippen molar-refractivity contribution < 1.29 is 23.1 Å². The van der Waals surface area contributed by atoms with Gasteiger partial charge < -0.3 is 14.6 Å². The number of hydrogen-bond donors (Lipinski definition) is 1. The van der Waals surface area contributed by atoms with E-state index in [0.717, 1.165) is 44.2 Å². The Hall–Kier alpha value is -2.09. The molecule has 5 nitrogen and oxygen atoms in total. The summed E-state index contributed by atoms with van der Waals surface area (Å²) < 4.78 is 40.9. The topological polar surface area (TPSA) is 58.4 Å². The summed E-state index contributed by atoms with van der Waals surface area (Å²) in [5.74, 6) is 0.599. The second-order valence-corrected chi connectivity index (χ2v) is 10.1. The number of alkyl halides is 3. The molecular weight excluding hydrogens is 395 g/mol. The summed E-state index contributed by atoms with van der Waals surface area (Å²) >= 11 is 0. The van der Waals surface area contributed by atoms with Gasteiger partial charge in [0.05, 0.1) is 11.2 Å². The van der Waals surface area contributed by atoms with E-state index in [1.165, 1.54) is 10.6 Å². The Morgan fingerprint density at radius 2 is 1.90 bits per heavy atom. The van der Waals surface area contributed by atoms with Crippen molar-refractivity contribution >= 4 is 16.9 Å². The molecule has 0 aromatic carbocycles. The normalized spacial score (nSPS) is 28.3. The van der Waals surface area contributed by atoms with Crippen LogP contribution in [0, 0.1) is 17.3 Å². The molecule has 0 bridgehead atoms. The van der Waals surface area contributed by atoms with Crippen molar-refractivity contribution in [2.45, 2.75) is 50.8 Å². The predicted octanol–water partition coefficient (Wildman–Crippen LogP) is 3.53. The van der Waals surface area contributed by atoms with Crippen molar-refractivity contribution in [3.63, 3.8) is 0 Å². The van der Waals surface area contributed by atoms with Gasteiger partial charge in [-0.1, -0.05) is 0 Å². The van der Waals surface area contributed by atoms with Crippen LogP contribution in [-0.2, 0) is 24.4 Å². The Morgan fingerprint density at radius 1 is 1.23 bits per heavy atom. The van der Waals surface area contributed by atoms with E-state index in [9.17, 15) is 23.1 Å². The third-order valence-electron chi connectivity index (χ3n) is 7.21. The number of likely N-dealkylation sites (tertiary alicyclic amines) is 1. The minimum Gasteiger partial charge on any atom is -0.390 e. The van der Waals surface area contributed by atoms with Crippen LogP contribution in [0.4, 0.5) is 13.2 Å². The zero-order valence-electron chi connectivity index (χ0n) is 17.2. The molecule has 1 N–H and O–H groups in total. The maximum Gasteiger partial charge on any atom is 0.418 e. The quantitative estimate of drug-likeness (QED) is 0.825. The molecule has 2 saturated carbocycles. The number of aliphatic hydroxyl groups is 1. The molecule has 3 aliphatic rings. The van der Waals surface area contributed by atoms with Crippen molar-refractivity contribution in [3.05, 3.63) is 29.6 Å². The highest BCUT2D eigenvalue weighted by molar-refractivity contribution is 5.82. The molecular formula is C22H26F3N3O2. The van der Waals surface area contributed by atoms with Crippen molar-refractivity contribution in [1.29, 1.82) is 0 Å². The van der Waals surface area contributed by atoms with Crippen LogP contribution in [0.2, 0.25) is 0 Å². The van der Waals surface area contributed by atoms with Crippen molar-refractivity contribution in [2.75, 3.05) is 13.1 Å². The monoisotopic (exact) mass is 421 g/mol. The number of halogens is 3. The van der Waals surface area contributed by atoms with Crippen molar-refractivity contribution in [1.82, 2.24) is 14.5 Å². The molecule has 1 amide bonds. The molecule has 1 saturated heterocycles. The fourth-order valence-electron chi connectivity index (χ4n) is 5.85. The molecule has 1 spiro atoms. The first-order chi connectivity index (χ1) is 13.9. The highest BCUT2D eigenvalue weighted by Gasteiger charge is 2.55. The highest BCUT2D eigenvalue weighted by Crippen LogP contribution is 2.54. The van der Waals surface area contributed by atoms with Crippen LogP contribution in [0.3, 0.4) is 0 Å². The van der Waals surface area contributed by atoms with Gasteiger partial charge in [-0.3, -0.25) is 4.79 Å². The van der Waals surface area contributed by atoms with Gasteiger partial charge in [-0.05, 0) is 57.1 Å². The number of rotatable bonds is 3. The fraction of sp³-hybridized carbons (Fsp3) is 0.636. The molecule has 3 heterocycles. The van der Waals surface area contributed by atoms with Gasteiger partial charge in [0.2, 0.25) is 5.91 Å². The number of pyridine rings is 1. The molecule has 5 rings (SSSR count). The van der Waals surface area contributed by atoms with Gasteiger partial charge in [0.1, 0.15) is 5.65 Å². The molecule has 3 fully saturated rings. The largest absolute Gasteiger partial charge is 0.418 e. The van der Waals surface area contributed by atoms with Crippen LogP contribution >= 0.6 is 0 Å². The SMILES string of the molecule is Cn1cc(C(F)(F)F)c2ccc(CC3CC4(C3)CN(C(=O)C3CC(C)(O)C3)C4)nc21. The van der Waals surface area contributed by atoms with Gasteiger partial charge in [0.25, 0.3) is 0 Å². The van der Waals surface area contributed by atoms with E-state index in [1.807, 2.05) is 4.90 Å². The number of nitrogens with zero attached hydrogens (tertiary/aromatic N) is 3. The third kappa shape index (κ3) is 3.20.